The number of benzene rings is 1. The summed E-state index contributed by atoms with van der Waals surface area (Å²) in [5, 5.41) is 14.1. The minimum Gasteiger partial charge on any atom is -0.480 e. The highest BCUT2D eigenvalue weighted by atomic mass is 16.5. The van der Waals surface area contributed by atoms with Gasteiger partial charge in [0.15, 0.2) is 0 Å². The third-order valence-electron chi connectivity index (χ3n) is 3.24. The maximum Gasteiger partial charge on any atom is 0.408 e. The van der Waals surface area contributed by atoms with Crippen LogP contribution in [0.25, 0.3) is 0 Å². The molecule has 122 valence electrons. The molecule has 1 heterocycles. The summed E-state index contributed by atoms with van der Waals surface area (Å²) in [5.41, 5.74) is 0.716. The van der Waals surface area contributed by atoms with Crippen molar-refractivity contribution in [3.05, 3.63) is 58.0 Å². The molecule has 2 aromatic rings. The number of aryl methyl sites for hydroxylation is 1. The number of aromatic amines is 1. The molecule has 1 aromatic carbocycles. The quantitative estimate of drug-likeness (QED) is 0.723. The Morgan fingerprint density at radius 2 is 2.04 bits per heavy atom. The van der Waals surface area contributed by atoms with Gasteiger partial charge in [0.1, 0.15) is 12.6 Å². The molecule has 8 nitrogen and oxygen atoms in total. The SMILES string of the molecule is Cn1[nH]cc(C[C@H](NC(=O)OCc2ccccc2)C(=O)O)c1=O. The van der Waals surface area contributed by atoms with Crippen molar-refractivity contribution in [2.75, 3.05) is 0 Å². The fourth-order valence-electron chi connectivity index (χ4n) is 1.98. The number of hydrogen-bond acceptors (Lipinski definition) is 4. The molecule has 0 fully saturated rings. The molecular weight excluding hydrogens is 302 g/mol. The standard InChI is InChI=1S/C15H17N3O5/c1-18-13(19)11(8-16-18)7-12(14(20)21)17-15(22)23-9-10-5-3-2-4-6-10/h2-6,8,12,16H,7,9H2,1H3,(H,17,22)(H,20,21)/t12-/m0/s1. The van der Waals surface area contributed by atoms with E-state index in [0.717, 1.165) is 5.56 Å². The maximum absolute atomic E-state index is 11.7. The van der Waals surface area contributed by atoms with Crippen molar-refractivity contribution in [1.29, 1.82) is 0 Å². The van der Waals surface area contributed by atoms with E-state index >= 15 is 0 Å². The first-order valence-electron chi connectivity index (χ1n) is 6.90. The van der Waals surface area contributed by atoms with Crippen LogP contribution in [0, 0.1) is 0 Å². The highest BCUT2D eigenvalue weighted by molar-refractivity contribution is 5.80. The number of rotatable bonds is 6. The van der Waals surface area contributed by atoms with Crippen LogP contribution in [-0.2, 0) is 29.6 Å². The minimum absolute atomic E-state index is 0.0327. The minimum atomic E-state index is -1.25. The number of carbonyl (C=O) groups excluding carboxylic acids is 1. The Morgan fingerprint density at radius 1 is 1.35 bits per heavy atom. The second-order valence-corrected chi connectivity index (χ2v) is 4.96. The van der Waals surface area contributed by atoms with Crippen LogP contribution >= 0.6 is 0 Å². The maximum atomic E-state index is 11.7. The van der Waals surface area contributed by atoms with Crippen LogP contribution in [0.1, 0.15) is 11.1 Å². The summed E-state index contributed by atoms with van der Waals surface area (Å²) in [6.45, 7) is 0.0327. The molecular formula is C15H17N3O5. The van der Waals surface area contributed by atoms with Gasteiger partial charge in [0.25, 0.3) is 5.56 Å². The van der Waals surface area contributed by atoms with E-state index in [4.69, 9.17) is 4.74 Å². The zero-order valence-electron chi connectivity index (χ0n) is 12.5. The summed E-state index contributed by atoms with van der Waals surface area (Å²) in [5.74, 6) is -1.25. The van der Waals surface area contributed by atoms with Crippen LogP contribution in [0.3, 0.4) is 0 Å². The first kappa shape index (κ1) is 16.3. The summed E-state index contributed by atoms with van der Waals surface area (Å²) < 4.78 is 6.20. The summed E-state index contributed by atoms with van der Waals surface area (Å²) in [6.07, 6.45) is 0.426. The van der Waals surface area contributed by atoms with Gasteiger partial charge in [0.2, 0.25) is 0 Å². The molecule has 1 atom stereocenters. The number of carbonyl (C=O) groups is 2. The summed E-state index contributed by atoms with van der Waals surface area (Å²) in [6, 6.07) is 7.76. The van der Waals surface area contributed by atoms with E-state index in [1.54, 1.807) is 24.3 Å². The summed E-state index contributed by atoms with van der Waals surface area (Å²) in [4.78, 5) is 34.7. The smallest absolute Gasteiger partial charge is 0.408 e. The molecule has 0 aliphatic heterocycles. The monoisotopic (exact) mass is 319 g/mol. The van der Waals surface area contributed by atoms with Crippen molar-refractivity contribution < 1.29 is 19.4 Å². The van der Waals surface area contributed by atoms with E-state index in [1.165, 1.54) is 17.9 Å². The molecule has 23 heavy (non-hydrogen) atoms. The van der Waals surface area contributed by atoms with Gasteiger partial charge in [0.05, 0.1) is 0 Å². The fraction of sp³-hybridized carbons (Fsp3) is 0.267. The number of aliphatic carboxylic acids is 1. The first-order valence-corrected chi connectivity index (χ1v) is 6.90. The van der Waals surface area contributed by atoms with Gasteiger partial charge in [-0.2, -0.15) is 0 Å². The number of carboxylic acids is 1. The second kappa shape index (κ2) is 7.30. The number of hydrogen-bond donors (Lipinski definition) is 3. The van der Waals surface area contributed by atoms with Gasteiger partial charge in [0, 0.05) is 25.2 Å². The molecule has 1 aromatic heterocycles. The Balaban J connectivity index is 1.93. The van der Waals surface area contributed by atoms with Crippen molar-refractivity contribution in [2.24, 2.45) is 7.05 Å². The number of ether oxygens (including phenoxy) is 1. The van der Waals surface area contributed by atoms with Gasteiger partial charge in [-0.1, -0.05) is 30.3 Å². The molecule has 8 heteroatoms. The molecule has 0 saturated carbocycles. The van der Waals surface area contributed by atoms with E-state index in [9.17, 15) is 19.5 Å². The molecule has 3 N–H and O–H groups in total. The van der Waals surface area contributed by atoms with Crippen LogP contribution in [-0.4, -0.2) is 33.0 Å². The Labute approximate surface area is 131 Å². The lowest BCUT2D eigenvalue weighted by Gasteiger charge is -2.13. The topological polar surface area (TPSA) is 113 Å². The van der Waals surface area contributed by atoms with Gasteiger partial charge in [-0.05, 0) is 5.56 Å². The van der Waals surface area contributed by atoms with E-state index < -0.39 is 18.1 Å². The Morgan fingerprint density at radius 3 is 2.61 bits per heavy atom. The summed E-state index contributed by atoms with van der Waals surface area (Å²) >= 11 is 0. The fourth-order valence-corrected chi connectivity index (χ4v) is 1.98. The normalized spacial score (nSPS) is 11.7. The molecule has 0 bridgehead atoms. The lowest BCUT2D eigenvalue weighted by atomic mass is 10.1. The van der Waals surface area contributed by atoms with Crippen molar-refractivity contribution in [1.82, 2.24) is 15.1 Å². The first-order chi connectivity index (χ1) is 11.0. The van der Waals surface area contributed by atoms with Crippen LogP contribution in [0.4, 0.5) is 4.79 Å². The molecule has 2 rings (SSSR count). The number of nitrogens with one attached hydrogen (secondary N) is 2. The number of alkyl carbamates (subject to hydrolysis) is 1. The molecule has 0 aliphatic rings. The molecule has 0 spiro atoms. The Bertz CT molecular complexity index is 735. The van der Waals surface area contributed by atoms with Gasteiger partial charge in [-0.15, -0.1) is 0 Å². The van der Waals surface area contributed by atoms with Crippen LogP contribution in [0.2, 0.25) is 0 Å². The van der Waals surface area contributed by atoms with E-state index in [1.807, 2.05) is 6.07 Å². The molecule has 0 aliphatic carbocycles. The Hall–Kier alpha value is -3.03. The van der Waals surface area contributed by atoms with Gasteiger partial charge >= 0.3 is 12.1 Å². The number of H-pyrrole nitrogens is 1. The molecule has 0 unspecified atom stereocenters. The van der Waals surface area contributed by atoms with E-state index in [-0.39, 0.29) is 24.2 Å². The third kappa shape index (κ3) is 4.47. The van der Waals surface area contributed by atoms with Crippen molar-refractivity contribution in [3.8, 4) is 0 Å². The van der Waals surface area contributed by atoms with Crippen LogP contribution < -0.4 is 10.9 Å². The van der Waals surface area contributed by atoms with Crippen molar-refractivity contribution in [2.45, 2.75) is 19.1 Å². The third-order valence-corrected chi connectivity index (χ3v) is 3.24. The largest absolute Gasteiger partial charge is 0.480 e. The van der Waals surface area contributed by atoms with Gasteiger partial charge in [-0.25, -0.2) is 9.59 Å². The molecule has 1 amide bonds. The highest BCUT2D eigenvalue weighted by Gasteiger charge is 2.23. The molecule has 0 saturated heterocycles. The molecule has 0 radical (unpaired) electrons. The number of amides is 1. The zero-order valence-corrected chi connectivity index (χ0v) is 12.5. The average Bonchev–Trinajstić information content (AvgIpc) is 2.85. The van der Waals surface area contributed by atoms with E-state index in [2.05, 4.69) is 10.4 Å². The predicted molar refractivity (Wildman–Crippen MR) is 80.9 cm³/mol. The lowest BCUT2D eigenvalue weighted by molar-refractivity contribution is -0.139. The number of carboxylic acid groups (broad SMARTS) is 1. The predicted octanol–water partition coefficient (Wildman–Crippen LogP) is 0.636. The van der Waals surface area contributed by atoms with E-state index in [0.29, 0.717) is 0 Å². The average molecular weight is 319 g/mol. The summed E-state index contributed by atoms with van der Waals surface area (Å²) in [7, 11) is 1.52. The van der Waals surface area contributed by atoms with Crippen molar-refractivity contribution >= 4 is 12.1 Å². The highest BCUT2D eigenvalue weighted by Crippen LogP contribution is 2.02. The lowest BCUT2D eigenvalue weighted by Crippen LogP contribution is -2.43. The Kier molecular flexibility index (Phi) is 5.19. The van der Waals surface area contributed by atoms with Crippen LogP contribution in [0.15, 0.2) is 41.3 Å². The van der Waals surface area contributed by atoms with Crippen LogP contribution in [0.5, 0.6) is 0 Å². The number of aromatic nitrogens is 2. The van der Waals surface area contributed by atoms with Gasteiger partial charge < -0.3 is 20.3 Å². The zero-order chi connectivity index (χ0) is 16.8. The van der Waals surface area contributed by atoms with Crippen molar-refractivity contribution in [3.63, 3.8) is 0 Å². The second-order valence-electron chi connectivity index (χ2n) is 4.96. The number of nitrogens with zero attached hydrogens (tertiary/aromatic N) is 1. The van der Waals surface area contributed by atoms with Gasteiger partial charge in [-0.3, -0.25) is 9.48 Å².